The van der Waals surface area contributed by atoms with Crippen LogP contribution < -0.4 is 0 Å². The highest BCUT2D eigenvalue weighted by atomic mass is 127. The maximum absolute atomic E-state index is 12.0. The quantitative estimate of drug-likeness (QED) is 0.789. The van der Waals surface area contributed by atoms with E-state index in [-0.39, 0.29) is 5.91 Å². The van der Waals surface area contributed by atoms with Crippen LogP contribution in [0.25, 0.3) is 0 Å². The highest BCUT2D eigenvalue weighted by molar-refractivity contribution is 14.1. The van der Waals surface area contributed by atoms with E-state index in [1.165, 1.54) is 0 Å². The number of hydrogen-bond acceptors (Lipinski definition) is 4. The molecule has 2 heterocycles. The molecule has 4 nitrogen and oxygen atoms in total. The lowest BCUT2D eigenvalue weighted by atomic mass is 10.3. The zero-order chi connectivity index (χ0) is 12.4. The minimum Gasteiger partial charge on any atom is -0.361 e. The first-order valence-electron chi connectivity index (χ1n) is 4.98. The summed E-state index contributed by atoms with van der Waals surface area (Å²) < 4.78 is 6.08. The molecule has 2 aromatic rings. The second kappa shape index (κ2) is 5.18. The average Bonchev–Trinajstić information content (AvgIpc) is 2.87. The van der Waals surface area contributed by atoms with Crippen molar-refractivity contribution in [1.29, 1.82) is 0 Å². The number of hydrogen-bond donors (Lipinski definition) is 0. The normalized spacial score (nSPS) is 10.5. The van der Waals surface area contributed by atoms with Crippen LogP contribution in [0.3, 0.4) is 0 Å². The second-order valence-electron chi connectivity index (χ2n) is 3.73. The molecule has 0 aliphatic carbocycles. The summed E-state index contributed by atoms with van der Waals surface area (Å²) in [6, 6.07) is 3.72. The van der Waals surface area contributed by atoms with Gasteiger partial charge in [-0.05, 0) is 35.6 Å². The van der Waals surface area contributed by atoms with Crippen molar-refractivity contribution in [2.24, 2.45) is 0 Å². The standard InChI is InChI=1S/C11H11IN2O2S/c1-7-3-9(13-16-7)5-14(2)11(15)8-4-10(12)17-6-8/h3-4,6H,5H2,1-2H3. The highest BCUT2D eigenvalue weighted by Crippen LogP contribution is 2.18. The predicted molar refractivity (Wildman–Crippen MR) is 74.1 cm³/mol. The molecule has 0 bridgehead atoms. The molecule has 0 unspecified atom stereocenters. The van der Waals surface area contributed by atoms with Gasteiger partial charge in [-0.3, -0.25) is 4.79 Å². The Hall–Kier alpha value is -0.890. The molecule has 0 saturated carbocycles. The molecular formula is C11H11IN2O2S. The first-order chi connectivity index (χ1) is 8.06. The molecule has 0 saturated heterocycles. The molecule has 0 fully saturated rings. The maximum Gasteiger partial charge on any atom is 0.254 e. The van der Waals surface area contributed by atoms with E-state index in [1.54, 1.807) is 23.3 Å². The summed E-state index contributed by atoms with van der Waals surface area (Å²) in [5.74, 6) is 0.760. The summed E-state index contributed by atoms with van der Waals surface area (Å²) in [5, 5.41) is 5.74. The van der Waals surface area contributed by atoms with Gasteiger partial charge in [-0.25, -0.2) is 0 Å². The van der Waals surface area contributed by atoms with E-state index in [9.17, 15) is 4.79 Å². The van der Waals surface area contributed by atoms with Crippen LogP contribution in [0.4, 0.5) is 0 Å². The number of carbonyl (C=O) groups excluding carboxylic acids is 1. The van der Waals surface area contributed by atoms with Crippen molar-refractivity contribution in [3.05, 3.63) is 37.4 Å². The van der Waals surface area contributed by atoms with E-state index in [0.717, 1.165) is 19.9 Å². The van der Waals surface area contributed by atoms with Crippen molar-refractivity contribution in [2.75, 3.05) is 7.05 Å². The van der Waals surface area contributed by atoms with Crippen LogP contribution in [-0.4, -0.2) is 23.0 Å². The smallest absolute Gasteiger partial charge is 0.254 e. The fraction of sp³-hybridized carbons (Fsp3) is 0.273. The van der Waals surface area contributed by atoms with Gasteiger partial charge in [0.05, 0.1) is 15.0 Å². The van der Waals surface area contributed by atoms with Crippen LogP contribution in [-0.2, 0) is 6.54 Å². The Morgan fingerprint density at radius 2 is 2.35 bits per heavy atom. The summed E-state index contributed by atoms with van der Waals surface area (Å²) in [4.78, 5) is 13.7. The lowest BCUT2D eigenvalue weighted by molar-refractivity contribution is 0.0782. The van der Waals surface area contributed by atoms with Crippen molar-refractivity contribution in [3.8, 4) is 0 Å². The first kappa shape index (κ1) is 12.6. The van der Waals surface area contributed by atoms with E-state index in [0.29, 0.717) is 6.54 Å². The van der Waals surface area contributed by atoms with Crippen LogP contribution in [0.2, 0.25) is 0 Å². The second-order valence-corrected chi connectivity index (χ2v) is 6.54. The monoisotopic (exact) mass is 362 g/mol. The number of rotatable bonds is 3. The van der Waals surface area contributed by atoms with Gasteiger partial charge in [0.1, 0.15) is 11.5 Å². The van der Waals surface area contributed by atoms with Gasteiger partial charge in [0.2, 0.25) is 0 Å². The van der Waals surface area contributed by atoms with Crippen molar-refractivity contribution >= 4 is 39.8 Å². The average molecular weight is 362 g/mol. The van der Waals surface area contributed by atoms with Crippen LogP contribution >= 0.6 is 33.9 Å². The third kappa shape index (κ3) is 3.06. The Bertz CT molecular complexity index is 535. The molecule has 0 aliphatic heterocycles. The third-order valence-corrected chi connectivity index (χ3v) is 4.03. The number of halogens is 1. The number of thiophene rings is 1. The third-order valence-electron chi connectivity index (χ3n) is 2.24. The van der Waals surface area contributed by atoms with E-state index >= 15 is 0 Å². The number of nitrogens with zero attached hydrogens (tertiary/aromatic N) is 2. The molecule has 90 valence electrons. The van der Waals surface area contributed by atoms with Crippen LogP contribution in [0.1, 0.15) is 21.8 Å². The van der Waals surface area contributed by atoms with Gasteiger partial charge in [0.25, 0.3) is 5.91 Å². The minimum absolute atomic E-state index is 0.00446. The Morgan fingerprint density at radius 3 is 2.88 bits per heavy atom. The molecule has 2 rings (SSSR count). The van der Waals surface area contributed by atoms with Crippen molar-refractivity contribution in [1.82, 2.24) is 10.1 Å². The molecule has 2 aromatic heterocycles. The van der Waals surface area contributed by atoms with Crippen molar-refractivity contribution in [2.45, 2.75) is 13.5 Å². The lowest BCUT2D eigenvalue weighted by Gasteiger charge is -2.14. The number of aryl methyl sites for hydroxylation is 1. The van der Waals surface area contributed by atoms with Crippen LogP contribution in [0.5, 0.6) is 0 Å². The molecule has 0 atom stereocenters. The maximum atomic E-state index is 12.0. The Balaban J connectivity index is 2.05. The van der Waals surface area contributed by atoms with Crippen LogP contribution in [0, 0.1) is 9.81 Å². The van der Waals surface area contributed by atoms with Crippen molar-refractivity contribution < 1.29 is 9.32 Å². The zero-order valence-corrected chi connectivity index (χ0v) is 12.4. The lowest BCUT2D eigenvalue weighted by Crippen LogP contribution is -2.25. The van der Waals surface area contributed by atoms with Gasteiger partial charge in [-0.2, -0.15) is 0 Å². The molecule has 0 aromatic carbocycles. The molecule has 0 spiro atoms. The summed E-state index contributed by atoms with van der Waals surface area (Å²) in [5.41, 5.74) is 1.49. The Kier molecular flexibility index (Phi) is 3.82. The summed E-state index contributed by atoms with van der Waals surface area (Å²) in [7, 11) is 1.76. The van der Waals surface area contributed by atoms with Gasteiger partial charge in [-0.15, -0.1) is 11.3 Å². The minimum atomic E-state index is 0.00446. The summed E-state index contributed by atoms with van der Waals surface area (Å²) in [6.07, 6.45) is 0. The number of aromatic nitrogens is 1. The largest absolute Gasteiger partial charge is 0.361 e. The van der Waals surface area contributed by atoms with Gasteiger partial charge in [0.15, 0.2) is 0 Å². The van der Waals surface area contributed by atoms with E-state index in [4.69, 9.17) is 4.52 Å². The first-order valence-corrected chi connectivity index (χ1v) is 6.94. The highest BCUT2D eigenvalue weighted by Gasteiger charge is 2.14. The molecule has 6 heteroatoms. The predicted octanol–water partition coefficient (Wildman–Crippen LogP) is 2.92. The number of carbonyl (C=O) groups is 1. The van der Waals surface area contributed by atoms with Crippen LogP contribution in [0.15, 0.2) is 22.0 Å². The van der Waals surface area contributed by atoms with Crippen molar-refractivity contribution in [3.63, 3.8) is 0 Å². The molecular weight excluding hydrogens is 351 g/mol. The fourth-order valence-electron chi connectivity index (χ4n) is 1.45. The summed E-state index contributed by atoms with van der Waals surface area (Å²) >= 11 is 3.77. The van der Waals surface area contributed by atoms with Gasteiger partial charge in [-0.1, -0.05) is 5.16 Å². The Labute approximate surface area is 117 Å². The van der Waals surface area contributed by atoms with Gasteiger partial charge >= 0.3 is 0 Å². The van der Waals surface area contributed by atoms with E-state index < -0.39 is 0 Å². The SMILES string of the molecule is Cc1cc(CN(C)C(=O)c2csc(I)c2)no1. The van der Waals surface area contributed by atoms with E-state index in [2.05, 4.69) is 27.7 Å². The Morgan fingerprint density at radius 1 is 1.59 bits per heavy atom. The zero-order valence-electron chi connectivity index (χ0n) is 9.44. The fourth-order valence-corrected chi connectivity index (χ4v) is 2.77. The molecule has 17 heavy (non-hydrogen) atoms. The van der Waals surface area contributed by atoms with Gasteiger partial charge < -0.3 is 9.42 Å². The molecule has 0 aliphatic rings. The number of amides is 1. The summed E-state index contributed by atoms with van der Waals surface area (Å²) in [6.45, 7) is 2.29. The topological polar surface area (TPSA) is 46.3 Å². The van der Waals surface area contributed by atoms with Gasteiger partial charge in [0, 0.05) is 18.5 Å². The molecule has 0 radical (unpaired) electrons. The molecule has 1 amide bonds. The molecule has 0 N–H and O–H groups in total. The van der Waals surface area contributed by atoms with E-state index in [1.807, 2.05) is 24.4 Å².